The van der Waals surface area contributed by atoms with Gasteiger partial charge >= 0.3 is 0 Å². The van der Waals surface area contributed by atoms with Crippen molar-refractivity contribution in [3.05, 3.63) is 80.3 Å². The second kappa shape index (κ2) is 15.2. The van der Waals surface area contributed by atoms with E-state index in [2.05, 4.69) is 51.2 Å². The van der Waals surface area contributed by atoms with Gasteiger partial charge in [0.05, 0.1) is 4.88 Å². The van der Waals surface area contributed by atoms with Gasteiger partial charge in [-0.2, -0.15) is 0 Å². The molecular formula is C33H47FN2OS. The summed E-state index contributed by atoms with van der Waals surface area (Å²) in [6, 6.07) is 1.88. The highest BCUT2D eigenvalue weighted by Crippen LogP contribution is 2.47. The van der Waals surface area contributed by atoms with Crippen molar-refractivity contribution in [2.45, 2.75) is 112 Å². The number of nitrogens with zero attached hydrogens (tertiary/aromatic N) is 1. The Bertz CT molecular complexity index is 1150. The third-order valence-electron chi connectivity index (χ3n) is 7.64. The molecule has 38 heavy (non-hydrogen) atoms. The van der Waals surface area contributed by atoms with Crippen molar-refractivity contribution in [3.63, 3.8) is 0 Å². The van der Waals surface area contributed by atoms with Gasteiger partial charge in [0.15, 0.2) is 5.78 Å². The molecular weight excluding hydrogens is 491 g/mol. The topological polar surface area (TPSA) is 41.5 Å². The van der Waals surface area contributed by atoms with Crippen LogP contribution >= 0.6 is 11.3 Å². The first-order valence-corrected chi connectivity index (χ1v) is 15.0. The van der Waals surface area contributed by atoms with Crippen LogP contribution in [0, 0.1) is 0 Å². The minimum Gasteiger partial charge on any atom is -0.341 e. The molecule has 1 saturated carbocycles. The number of Topliss-reactive ketones (excluding diaryl/α,β-unsaturated/α-hetero) is 1. The zero-order chi connectivity index (χ0) is 28.3. The van der Waals surface area contributed by atoms with E-state index >= 15 is 4.39 Å². The lowest BCUT2D eigenvalue weighted by Gasteiger charge is -2.36. The third-order valence-corrected chi connectivity index (χ3v) is 9.03. The number of nitrogens with one attached hydrogen (secondary N) is 1. The van der Waals surface area contributed by atoms with Crippen LogP contribution in [0.4, 0.5) is 4.39 Å². The lowest BCUT2D eigenvalue weighted by Crippen LogP contribution is -2.28. The molecule has 1 heterocycles. The lowest BCUT2D eigenvalue weighted by molar-refractivity contribution is 0.101. The summed E-state index contributed by atoms with van der Waals surface area (Å²) < 4.78 is 15.5. The Labute approximate surface area is 234 Å². The van der Waals surface area contributed by atoms with Crippen LogP contribution in [0.3, 0.4) is 0 Å². The van der Waals surface area contributed by atoms with Crippen LogP contribution < -0.4 is 5.32 Å². The smallest absolute Gasteiger partial charge is 0.160 e. The van der Waals surface area contributed by atoms with Crippen LogP contribution in [-0.4, -0.2) is 11.5 Å². The van der Waals surface area contributed by atoms with Crippen LogP contribution in [0.15, 0.2) is 69.9 Å². The van der Waals surface area contributed by atoms with Crippen LogP contribution in [0.2, 0.25) is 0 Å². The zero-order valence-electron chi connectivity index (χ0n) is 24.8. The van der Waals surface area contributed by atoms with Crippen LogP contribution in [0.25, 0.3) is 0 Å². The third kappa shape index (κ3) is 7.99. The van der Waals surface area contributed by atoms with Gasteiger partial charge in [0.2, 0.25) is 0 Å². The molecule has 0 bridgehead atoms. The van der Waals surface area contributed by atoms with E-state index in [1.54, 1.807) is 25.2 Å². The summed E-state index contributed by atoms with van der Waals surface area (Å²) in [7, 11) is 0. The number of aliphatic imine (C=N–C) groups is 1. The molecule has 0 aliphatic heterocycles. The van der Waals surface area contributed by atoms with Crippen molar-refractivity contribution < 1.29 is 9.18 Å². The predicted octanol–water partition coefficient (Wildman–Crippen LogP) is 10.3. The number of carbonyl (C=O) groups excluding carboxylic acids is 1. The number of rotatable bonds is 12. The van der Waals surface area contributed by atoms with Crippen molar-refractivity contribution in [2.75, 3.05) is 0 Å². The Balaban J connectivity index is 2.67. The average Bonchev–Trinajstić information content (AvgIpc) is 3.39. The quantitative estimate of drug-likeness (QED) is 0.163. The Morgan fingerprint density at radius 2 is 1.76 bits per heavy atom. The molecule has 0 saturated heterocycles. The molecule has 0 radical (unpaired) electrons. The number of hydrogen-bond acceptors (Lipinski definition) is 4. The summed E-state index contributed by atoms with van der Waals surface area (Å²) in [6.07, 6.45) is 18.0. The van der Waals surface area contributed by atoms with E-state index in [4.69, 9.17) is 4.99 Å². The second-order valence-electron chi connectivity index (χ2n) is 10.2. The van der Waals surface area contributed by atoms with Crippen molar-refractivity contribution in [1.82, 2.24) is 5.32 Å². The first-order valence-electron chi connectivity index (χ1n) is 14.2. The van der Waals surface area contributed by atoms with E-state index in [0.29, 0.717) is 10.7 Å². The minimum absolute atomic E-state index is 0.0103. The van der Waals surface area contributed by atoms with Gasteiger partial charge in [-0.05, 0) is 91.0 Å². The maximum Gasteiger partial charge on any atom is 0.160 e. The minimum atomic E-state index is -0.385. The van der Waals surface area contributed by atoms with Crippen LogP contribution in [-0.2, 0) is 5.41 Å². The standard InChI is InChI=1S/C33H47FN2OS/c1-9-17-30(35-28(24(7)11-3)19-18-23(6)10-2)36-31(27(34)12-4)29-22-26(25(8)37)32(38-29)33(13-5)20-15-14-16-21-33/h10,12,17-19,22,35H,9,11,13-16,20-21H2,1-8H3/b19-18-,23-10-,27-12+,28-24+,30-17+,36-31+. The van der Waals surface area contributed by atoms with Crippen LogP contribution in [0.1, 0.15) is 127 Å². The normalized spacial score (nSPS) is 18.1. The van der Waals surface area contributed by atoms with Gasteiger partial charge in [-0.3, -0.25) is 4.79 Å². The average molecular weight is 539 g/mol. The van der Waals surface area contributed by atoms with Crippen molar-refractivity contribution in [3.8, 4) is 0 Å². The van der Waals surface area contributed by atoms with Gasteiger partial charge in [-0.15, -0.1) is 11.3 Å². The summed E-state index contributed by atoms with van der Waals surface area (Å²) in [5.41, 5.74) is 4.31. The highest BCUT2D eigenvalue weighted by Gasteiger charge is 2.37. The fourth-order valence-corrected chi connectivity index (χ4v) is 6.38. The molecule has 0 unspecified atom stereocenters. The molecule has 1 N–H and O–H groups in total. The first kappa shape index (κ1) is 31.7. The summed E-state index contributed by atoms with van der Waals surface area (Å²) in [6.45, 7) is 15.9. The van der Waals surface area contributed by atoms with Gasteiger partial charge in [0.25, 0.3) is 0 Å². The lowest BCUT2D eigenvalue weighted by atomic mass is 9.70. The van der Waals surface area contributed by atoms with Gasteiger partial charge < -0.3 is 5.32 Å². The molecule has 0 amide bonds. The molecule has 2 rings (SSSR count). The van der Waals surface area contributed by atoms with Crippen LogP contribution in [0.5, 0.6) is 0 Å². The maximum absolute atomic E-state index is 15.5. The molecule has 1 fully saturated rings. The molecule has 1 aromatic rings. The van der Waals surface area contributed by atoms with Gasteiger partial charge in [0, 0.05) is 21.6 Å². The molecule has 3 nitrogen and oxygen atoms in total. The number of allylic oxidation sites excluding steroid dienone is 8. The molecule has 5 heteroatoms. The molecule has 208 valence electrons. The van der Waals surface area contributed by atoms with E-state index in [0.717, 1.165) is 53.8 Å². The highest BCUT2D eigenvalue weighted by molar-refractivity contribution is 7.14. The maximum atomic E-state index is 15.5. The Hall–Kier alpha value is -2.53. The largest absolute Gasteiger partial charge is 0.341 e. The first-order chi connectivity index (χ1) is 18.2. The van der Waals surface area contributed by atoms with E-state index < -0.39 is 0 Å². The Morgan fingerprint density at radius 1 is 1.08 bits per heavy atom. The number of halogens is 1. The fraction of sp³-hybridized carbons (Fsp3) is 0.515. The number of carbonyl (C=O) groups is 1. The van der Waals surface area contributed by atoms with Crippen molar-refractivity contribution in [1.29, 1.82) is 0 Å². The predicted molar refractivity (Wildman–Crippen MR) is 164 cm³/mol. The molecule has 1 aliphatic rings. The molecule has 0 aromatic carbocycles. The highest BCUT2D eigenvalue weighted by atomic mass is 32.1. The van der Waals surface area contributed by atoms with E-state index in [9.17, 15) is 4.79 Å². The zero-order valence-corrected chi connectivity index (χ0v) is 25.6. The van der Waals surface area contributed by atoms with Gasteiger partial charge in [-0.1, -0.05) is 63.3 Å². The summed E-state index contributed by atoms with van der Waals surface area (Å²) >= 11 is 1.56. The van der Waals surface area contributed by atoms with Crippen molar-refractivity contribution in [2.24, 2.45) is 4.99 Å². The van der Waals surface area contributed by atoms with E-state index in [1.807, 2.05) is 26.0 Å². The Kier molecular flexibility index (Phi) is 12.6. The monoisotopic (exact) mass is 538 g/mol. The number of thiophene rings is 1. The van der Waals surface area contributed by atoms with Gasteiger partial charge in [-0.25, -0.2) is 9.38 Å². The SMILES string of the molecule is C\C=C(C)/C=C\C(NC(=C\CC)/N=C(\C(F)=C/C)c1cc(C(C)=O)c(C2(CC)CCCCC2)s1)=C(\C)CC. The fourth-order valence-electron chi connectivity index (χ4n) is 4.86. The molecule has 1 aromatic heterocycles. The number of hydrogen-bond donors (Lipinski definition) is 1. The summed E-state index contributed by atoms with van der Waals surface area (Å²) in [5.74, 6) is 0.257. The summed E-state index contributed by atoms with van der Waals surface area (Å²) in [4.78, 5) is 19.5. The van der Waals surface area contributed by atoms with Crippen molar-refractivity contribution >= 4 is 22.8 Å². The Morgan fingerprint density at radius 3 is 2.29 bits per heavy atom. The van der Waals surface area contributed by atoms with Gasteiger partial charge in [0.1, 0.15) is 17.4 Å². The molecule has 0 spiro atoms. The van der Waals surface area contributed by atoms with E-state index in [1.165, 1.54) is 30.9 Å². The molecule has 1 aliphatic carbocycles. The number of ketones is 1. The van der Waals surface area contributed by atoms with E-state index in [-0.39, 0.29) is 22.7 Å². The second-order valence-corrected chi connectivity index (χ2v) is 11.3. The summed E-state index contributed by atoms with van der Waals surface area (Å²) in [5, 5.41) is 3.47. The molecule has 0 atom stereocenters.